The van der Waals surface area contributed by atoms with Crippen LogP contribution in [0.2, 0.25) is 0 Å². The highest BCUT2D eigenvalue weighted by Gasteiger charge is 2.51. The summed E-state index contributed by atoms with van der Waals surface area (Å²) in [6.07, 6.45) is -13.0. The van der Waals surface area contributed by atoms with E-state index in [0.29, 0.717) is 0 Å². The summed E-state index contributed by atoms with van der Waals surface area (Å²) in [5.41, 5.74) is 0. The number of aliphatic hydroxyl groups excluding tert-OH is 7. The molecule has 2 aliphatic heterocycles. The van der Waals surface area contributed by atoms with E-state index in [9.17, 15) is 30.6 Å². The number of ether oxygens (including phenoxy) is 3. The van der Waals surface area contributed by atoms with Gasteiger partial charge in [0.25, 0.3) is 5.97 Å². The molecule has 2 heterocycles. The zero-order valence-electron chi connectivity index (χ0n) is 12.0. The fourth-order valence-electron chi connectivity index (χ4n) is 2.55. The third kappa shape index (κ3) is 3.81. The van der Waals surface area contributed by atoms with Crippen LogP contribution in [0.5, 0.6) is 0 Å². The quantitative estimate of drug-likeness (QED) is 0.228. The summed E-state index contributed by atoms with van der Waals surface area (Å²) in [4.78, 5) is 0. The molecular formula is C12H22O11. The summed E-state index contributed by atoms with van der Waals surface area (Å²) in [7, 11) is 0. The summed E-state index contributed by atoms with van der Waals surface area (Å²) >= 11 is 0. The molecule has 0 bridgehead atoms. The van der Waals surface area contributed by atoms with Crippen molar-refractivity contribution in [3.8, 4) is 0 Å². The minimum atomic E-state index is -2.53. The second kappa shape index (κ2) is 7.21. The first-order chi connectivity index (χ1) is 10.7. The second-order valence-electron chi connectivity index (χ2n) is 5.63. The van der Waals surface area contributed by atoms with E-state index >= 15 is 0 Å². The highest BCUT2D eigenvalue weighted by atomic mass is 16.9. The van der Waals surface area contributed by atoms with Crippen LogP contribution in [0.25, 0.3) is 0 Å². The van der Waals surface area contributed by atoms with Crippen LogP contribution in [0.1, 0.15) is 6.42 Å². The minimum Gasteiger partial charge on any atom is -0.394 e. The molecule has 9 atom stereocenters. The average Bonchev–Trinajstić information content (AvgIpc) is 2.51. The van der Waals surface area contributed by atoms with Crippen molar-refractivity contribution in [1.82, 2.24) is 0 Å². The molecule has 0 aromatic rings. The molecule has 0 radical (unpaired) electrons. The first kappa shape index (κ1) is 18.9. The van der Waals surface area contributed by atoms with Gasteiger partial charge in [0.05, 0.1) is 25.7 Å². The van der Waals surface area contributed by atoms with Crippen LogP contribution < -0.4 is 0 Å². The van der Waals surface area contributed by atoms with Crippen LogP contribution in [0.3, 0.4) is 0 Å². The van der Waals surface area contributed by atoms with Crippen molar-refractivity contribution in [1.29, 1.82) is 0 Å². The van der Waals surface area contributed by atoms with Gasteiger partial charge >= 0.3 is 0 Å². The Morgan fingerprint density at radius 3 is 2.04 bits per heavy atom. The Kier molecular flexibility index (Phi) is 5.92. The summed E-state index contributed by atoms with van der Waals surface area (Å²) in [5.74, 6) is -2.53. The highest BCUT2D eigenvalue weighted by Crippen LogP contribution is 2.32. The molecule has 0 aromatic carbocycles. The van der Waals surface area contributed by atoms with E-state index in [2.05, 4.69) is 0 Å². The molecule has 0 saturated carbocycles. The molecule has 4 unspecified atom stereocenters. The molecule has 2 fully saturated rings. The van der Waals surface area contributed by atoms with Crippen molar-refractivity contribution in [2.75, 3.05) is 13.2 Å². The first-order valence-electron chi connectivity index (χ1n) is 7.08. The Bertz CT molecular complexity index is 393. The molecule has 11 heteroatoms. The lowest BCUT2D eigenvalue weighted by Gasteiger charge is -2.46. The predicted octanol–water partition coefficient (Wildman–Crippen LogP) is -5.05. The Balaban J connectivity index is 2.10. The van der Waals surface area contributed by atoms with Crippen molar-refractivity contribution in [3.05, 3.63) is 0 Å². The topological polar surface area (TPSA) is 190 Å². The third-order valence-corrected chi connectivity index (χ3v) is 3.91. The van der Waals surface area contributed by atoms with Crippen LogP contribution >= 0.6 is 0 Å². The molecule has 2 saturated heterocycles. The summed E-state index contributed by atoms with van der Waals surface area (Å²) in [5, 5.41) is 76.8. The van der Waals surface area contributed by atoms with Crippen LogP contribution in [-0.2, 0) is 14.2 Å². The fraction of sp³-hybridized carbons (Fsp3) is 1.00. The maximum atomic E-state index is 10.2. The largest absolute Gasteiger partial charge is 0.394 e. The van der Waals surface area contributed by atoms with Crippen LogP contribution in [-0.4, -0.2) is 109 Å². The van der Waals surface area contributed by atoms with Gasteiger partial charge in [-0.15, -0.1) is 0 Å². The zero-order chi connectivity index (χ0) is 17.4. The smallest absolute Gasteiger partial charge is 0.285 e. The van der Waals surface area contributed by atoms with Crippen molar-refractivity contribution in [3.63, 3.8) is 0 Å². The van der Waals surface area contributed by atoms with Crippen LogP contribution in [0.4, 0.5) is 0 Å². The molecule has 0 aliphatic carbocycles. The molecule has 2 aliphatic rings. The Morgan fingerprint density at radius 1 is 0.870 bits per heavy atom. The number of hydrogen-bond acceptors (Lipinski definition) is 11. The minimum absolute atomic E-state index is 0.625. The van der Waals surface area contributed by atoms with Crippen LogP contribution in [0.15, 0.2) is 0 Å². The van der Waals surface area contributed by atoms with Crippen molar-refractivity contribution in [2.45, 2.75) is 61.4 Å². The molecule has 0 aromatic heterocycles. The Labute approximate surface area is 130 Å². The first-order valence-corrected chi connectivity index (χ1v) is 7.08. The van der Waals surface area contributed by atoms with E-state index in [1.165, 1.54) is 0 Å². The van der Waals surface area contributed by atoms with E-state index < -0.39 is 74.6 Å². The lowest BCUT2D eigenvalue weighted by Crippen LogP contribution is -2.63. The summed E-state index contributed by atoms with van der Waals surface area (Å²) < 4.78 is 15.0. The zero-order valence-corrected chi connectivity index (χ0v) is 12.0. The maximum Gasteiger partial charge on any atom is 0.285 e. The molecule has 8 N–H and O–H groups in total. The van der Waals surface area contributed by atoms with Gasteiger partial charge in [-0.2, -0.15) is 0 Å². The van der Waals surface area contributed by atoms with Gasteiger partial charge in [0.2, 0.25) is 0 Å². The van der Waals surface area contributed by atoms with Gasteiger partial charge in [0.1, 0.15) is 36.6 Å². The van der Waals surface area contributed by atoms with Crippen molar-refractivity contribution in [2.24, 2.45) is 0 Å². The van der Waals surface area contributed by atoms with Gasteiger partial charge in [-0.1, -0.05) is 0 Å². The van der Waals surface area contributed by atoms with Crippen molar-refractivity contribution < 1.29 is 55.1 Å². The van der Waals surface area contributed by atoms with E-state index in [1.54, 1.807) is 0 Å². The van der Waals surface area contributed by atoms with Crippen molar-refractivity contribution >= 4 is 0 Å². The Hall–Kier alpha value is -0.440. The molecule has 23 heavy (non-hydrogen) atoms. The SMILES string of the molecule is OCC1O[C@](O)(O[C@H]2OC(CO)[C@@H](O)[C@H](O)C2O)CC(O)[C@@H]1O. The normalized spacial score (nSPS) is 51.7. The number of aliphatic hydroxyl groups is 8. The van der Waals surface area contributed by atoms with Crippen LogP contribution in [0, 0.1) is 0 Å². The van der Waals surface area contributed by atoms with E-state index in [0.717, 1.165) is 0 Å². The van der Waals surface area contributed by atoms with Gasteiger partial charge in [-0.3, -0.25) is 4.74 Å². The molecule has 11 nitrogen and oxygen atoms in total. The van der Waals surface area contributed by atoms with Gasteiger partial charge in [-0.25, -0.2) is 0 Å². The second-order valence-corrected chi connectivity index (χ2v) is 5.63. The number of rotatable bonds is 4. The van der Waals surface area contributed by atoms with Gasteiger partial charge in [-0.05, 0) is 0 Å². The molecule has 0 spiro atoms. The van der Waals surface area contributed by atoms with E-state index in [-0.39, 0.29) is 0 Å². The molecular weight excluding hydrogens is 320 g/mol. The fourth-order valence-corrected chi connectivity index (χ4v) is 2.55. The van der Waals surface area contributed by atoms with Gasteiger partial charge < -0.3 is 50.3 Å². The summed E-state index contributed by atoms with van der Waals surface area (Å²) in [6.45, 7) is -1.41. The standard InChI is InChI=1S/C12H22O11/c13-2-5-8(17)9(18)10(19)11(21-5)23-12(20)1-4(15)7(16)6(3-14)22-12/h4-11,13-20H,1-3H2/t4?,5?,6?,7-,8+,9-,10?,11+,12-/m0/s1. The molecule has 0 amide bonds. The highest BCUT2D eigenvalue weighted by molar-refractivity contribution is 4.91. The van der Waals surface area contributed by atoms with Gasteiger partial charge in [0, 0.05) is 0 Å². The lowest BCUT2D eigenvalue weighted by molar-refractivity contribution is -0.464. The monoisotopic (exact) mass is 342 g/mol. The predicted molar refractivity (Wildman–Crippen MR) is 68.4 cm³/mol. The third-order valence-electron chi connectivity index (χ3n) is 3.91. The van der Waals surface area contributed by atoms with E-state index in [4.69, 9.17) is 24.4 Å². The maximum absolute atomic E-state index is 10.2. The van der Waals surface area contributed by atoms with E-state index in [1.807, 2.05) is 0 Å². The molecule has 136 valence electrons. The number of hydrogen-bond donors (Lipinski definition) is 8. The van der Waals surface area contributed by atoms with Gasteiger partial charge in [0.15, 0.2) is 6.29 Å². The molecule has 2 rings (SSSR count). The summed E-state index contributed by atoms with van der Waals surface area (Å²) in [6, 6.07) is 0. The average molecular weight is 342 g/mol. The lowest BCUT2D eigenvalue weighted by atomic mass is 9.98. The Morgan fingerprint density at radius 2 is 1.48 bits per heavy atom.